The number of hydrogen-bond acceptors (Lipinski definition) is 4. The van der Waals surface area contributed by atoms with E-state index in [1.165, 1.54) is 25.7 Å². The van der Waals surface area contributed by atoms with Gasteiger partial charge in [-0.2, -0.15) is 0 Å². The summed E-state index contributed by atoms with van der Waals surface area (Å²) in [6.45, 7) is 0.662. The van der Waals surface area contributed by atoms with E-state index in [1.807, 2.05) is 0 Å². The Labute approximate surface area is 98.1 Å². The molecule has 0 aliphatic heterocycles. The number of nitrogens with zero attached hydrogens (tertiary/aromatic N) is 3. The zero-order valence-electron chi connectivity index (χ0n) is 9.52. The van der Waals surface area contributed by atoms with E-state index in [0.717, 1.165) is 5.82 Å². The molecular formula is C11H15N5O. The van der Waals surface area contributed by atoms with Crippen molar-refractivity contribution in [2.75, 3.05) is 0 Å². The van der Waals surface area contributed by atoms with Crippen molar-refractivity contribution in [3.8, 4) is 0 Å². The van der Waals surface area contributed by atoms with E-state index in [9.17, 15) is 4.79 Å². The lowest BCUT2D eigenvalue weighted by atomic mass is 10.2. The first kappa shape index (κ1) is 10.5. The van der Waals surface area contributed by atoms with Crippen LogP contribution in [-0.2, 0) is 6.54 Å². The summed E-state index contributed by atoms with van der Waals surface area (Å²) in [6.07, 6.45) is 8.46. The molecular weight excluding hydrogens is 218 g/mol. The Hall–Kier alpha value is -1.69. The Morgan fingerprint density at radius 1 is 1.41 bits per heavy atom. The van der Waals surface area contributed by atoms with E-state index >= 15 is 0 Å². The molecule has 0 bridgehead atoms. The van der Waals surface area contributed by atoms with Gasteiger partial charge in [-0.15, -0.1) is 10.2 Å². The molecule has 1 aliphatic rings. The molecule has 0 saturated heterocycles. The normalized spacial score (nSPS) is 16.9. The Kier molecular flexibility index (Phi) is 2.64. The molecule has 2 aromatic rings. The van der Waals surface area contributed by atoms with Crippen LogP contribution in [0.3, 0.4) is 0 Å². The zero-order chi connectivity index (χ0) is 11.7. The van der Waals surface area contributed by atoms with Crippen molar-refractivity contribution in [3.05, 3.63) is 28.6 Å². The van der Waals surface area contributed by atoms with Crippen LogP contribution in [0.15, 0.2) is 17.2 Å². The number of rotatable bonds is 3. The van der Waals surface area contributed by atoms with Crippen LogP contribution >= 0.6 is 0 Å². The fraction of sp³-hybridized carbons (Fsp3) is 0.545. The maximum absolute atomic E-state index is 11.5. The van der Waals surface area contributed by atoms with Gasteiger partial charge in [0.25, 0.3) is 5.56 Å². The molecule has 90 valence electrons. The molecule has 0 radical (unpaired) electrons. The van der Waals surface area contributed by atoms with E-state index in [2.05, 4.69) is 20.5 Å². The molecule has 0 amide bonds. The van der Waals surface area contributed by atoms with Crippen molar-refractivity contribution in [1.29, 1.82) is 0 Å². The molecule has 2 heterocycles. The van der Waals surface area contributed by atoms with Gasteiger partial charge in [0.05, 0.1) is 6.54 Å². The third kappa shape index (κ3) is 1.95. The van der Waals surface area contributed by atoms with Gasteiger partial charge in [0, 0.05) is 18.4 Å². The predicted octanol–water partition coefficient (Wildman–Crippen LogP) is 0.450. The second kappa shape index (κ2) is 4.29. The fourth-order valence-corrected chi connectivity index (χ4v) is 2.37. The molecule has 2 N–H and O–H groups in total. The van der Waals surface area contributed by atoms with Crippen LogP contribution < -0.4 is 10.9 Å². The van der Waals surface area contributed by atoms with Crippen LogP contribution in [0.25, 0.3) is 5.65 Å². The van der Waals surface area contributed by atoms with Gasteiger partial charge < -0.3 is 10.3 Å². The Bertz CT molecular complexity index is 566. The van der Waals surface area contributed by atoms with Crippen LogP contribution in [0.4, 0.5) is 0 Å². The second-order valence-corrected chi connectivity index (χ2v) is 4.46. The first-order valence-electron chi connectivity index (χ1n) is 5.99. The van der Waals surface area contributed by atoms with Gasteiger partial charge in [0.1, 0.15) is 0 Å². The van der Waals surface area contributed by atoms with Crippen molar-refractivity contribution in [3.63, 3.8) is 0 Å². The summed E-state index contributed by atoms with van der Waals surface area (Å²) >= 11 is 0. The lowest BCUT2D eigenvalue weighted by Gasteiger charge is -2.09. The highest BCUT2D eigenvalue weighted by atomic mass is 16.1. The minimum absolute atomic E-state index is 0.202. The molecule has 17 heavy (non-hydrogen) atoms. The molecule has 0 unspecified atom stereocenters. The monoisotopic (exact) mass is 233 g/mol. The minimum Gasteiger partial charge on any atom is -0.324 e. The maximum atomic E-state index is 11.5. The topological polar surface area (TPSA) is 75.1 Å². The zero-order valence-corrected chi connectivity index (χ0v) is 9.52. The summed E-state index contributed by atoms with van der Waals surface area (Å²) in [7, 11) is 0. The molecule has 2 aromatic heterocycles. The first-order valence-corrected chi connectivity index (χ1v) is 5.99. The Morgan fingerprint density at radius 2 is 2.24 bits per heavy atom. The first-order chi connectivity index (χ1) is 8.34. The van der Waals surface area contributed by atoms with Crippen molar-refractivity contribution in [1.82, 2.24) is 24.9 Å². The highest BCUT2D eigenvalue weighted by Gasteiger charge is 2.15. The van der Waals surface area contributed by atoms with Gasteiger partial charge in [-0.3, -0.25) is 9.20 Å². The van der Waals surface area contributed by atoms with E-state index in [4.69, 9.17) is 0 Å². The quantitative estimate of drug-likeness (QED) is 0.807. The van der Waals surface area contributed by atoms with Crippen LogP contribution in [0.2, 0.25) is 0 Å². The molecule has 0 spiro atoms. The van der Waals surface area contributed by atoms with Crippen molar-refractivity contribution in [2.24, 2.45) is 0 Å². The third-order valence-electron chi connectivity index (χ3n) is 3.31. The second-order valence-electron chi connectivity index (χ2n) is 4.46. The molecule has 6 nitrogen and oxygen atoms in total. The molecule has 3 rings (SSSR count). The summed E-state index contributed by atoms with van der Waals surface area (Å²) in [4.78, 5) is 14.0. The fourth-order valence-electron chi connectivity index (χ4n) is 2.37. The molecule has 6 heteroatoms. The minimum atomic E-state index is -0.202. The standard InChI is InChI=1S/C11H15N5O/c17-11-10-15-14-9(16(10)6-5-12-11)7-13-8-3-1-2-4-8/h5-6,8,13H,1-4,7H2,(H,12,17). The Balaban J connectivity index is 1.81. The Morgan fingerprint density at radius 3 is 3.06 bits per heavy atom. The van der Waals surface area contributed by atoms with Crippen molar-refractivity contribution >= 4 is 5.65 Å². The maximum Gasteiger partial charge on any atom is 0.293 e. The third-order valence-corrected chi connectivity index (χ3v) is 3.31. The van der Waals surface area contributed by atoms with Gasteiger partial charge in [-0.25, -0.2) is 0 Å². The molecule has 0 atom stereocenters. The van der Waals surface area contributed by atoms with Crippen LogP contribution in [0.5, 0.6) is 0 Å². The highest BCUT2D eigenvalue weighted by molar-refractivity contribution is 5.33. The van der Waals surface area contributed by atoms with Crippen LogP contribution in [-0.4, -0.2) is 25.6 Å². The number of hydrogen-bond donors (Lipinski definition) is 2. The average Bonchev–Trinajstić information content (AvgIpc) is 2.95. The number of fused-ring (bicyclic) bond motifs is 1. The molecule has 0 aromatic carbocycles. The predicted molar refractivity (Wildman–Crippen MR) is 62.7 cm³/mol. The molecule has 1 aliphatic carbocycles. The van der Waals surface area contributed by atoms with Crippen molar-refractivity contribution in [2.45, 2.75) is 38.3 Å². The van der Waals surface area contributed by atoms with E-state index < -0.39 is 0 Å². The van der Waals surface area contributed by atoms with Crippen LogP contribution in [0.1, 0.15) is 31.5 Å². The van der Waals surface area contributed by atoms with Gasteiger partial charge in [-0.05, 0) is 12.8 Å². The summed E-state index contributed by atoms with van der Waals surface area (Å²) in [5.41, 5.74) is 0.155. The van der Waals surface area contributed by atoms with E-state index in [-0.39, 0.29) is 5.56 Å². The largest absolute Gasteiger partial charge is 0.324 e. The summed E-state index contributed by atoms with van der Waals surface area (Å²) < 4.78 is 1.74. The molecule has 1 saturated carbocycles. The number of aromatic amines is 1. The van der Waals surface area contributed by atoms with E-state index in [0.29, 0.717) is 18.2 Å². The lowest BCUT2D eigenvalue weighted by molar-refractivity contribution is 0.511. The van der Waals surface area contributed by atoms with Gasteiger partial charge in [-0.1, -0.05) is 12.8 Å². The van der Waals surface area contributed by atoms with Gasteiger partial charge in [0.15, 0.2) is 5.82 Å². The number of H-pyrrole nitrogens is 1. The van der Waals surface area contributed by atoms with Crippen LogP contribution in [0, 0.1) is 0 Å². The highest BCUT2D eigenvalue weighted by Crippen LogP contribution is 2.17. The molecule has 1 fully saturated rings. The SMILES string of the molecule is O=c1[nH]ccn2c(CNC3CCCC3)nnc12. The smallest absolute Gasteiger partial charge is 0.293 e. The number of nitrogens with one attached hydrogen (secondary N) is 2. The summed E-state index contributed by atoms with van der Waals surface area (Å²) in [5.74, 6) is 0.790. The summed E-state index contributed by atoms with van der Waals surface area (Å²) in [6, 6.07) is 0.587. The van der Waals surface area contributed by atoms with Crippen molar-refractivity contribution < 1.29 is 0 Å². The summed E-state index contributed by atoms with van der Waals surface area (Å²) in [5, 5.41) is 11.4. The van der Waals surface area contributed by atoms with Gasteiger partial charge in [0.2, 0.25) is 5.65 Å². The van der Waals surface area contributed by atoms with Gasteiger partial charge >= 0.3 is 0 Å². The average molecular weight is 233 g/mol. The van der Waals surface area contributed by atoms with E-state index in [1.54, 1.807) is 16.8 Å². The lowest BCUT2D eigenvalue weighted by Crippen LogP contribution is -2.26. The number of aromatic nitrogens is 4.